The van der Waals surface area contributed by atoms with Crippen LogP contribution in [0.1, 0.15) is 17.3 Å². The Hall–Kier alpha value is -1.39. The zero-order valence-corrected chi connectivity index (χ0v) is 11.9. The fourth-order valence-electron chi connectivity index (χ4n) is 1.89. The smallest absolute Gasteiger partial charge is 0.119 e. The van der Waals surface area contributed by atoms with E-state index in [9.17, 15) is 0 Å². The van der Waals surface area contributed by atoms with E-state index in [-0.39, 0.29) is 6.04 Å². The summed E-state index contributed by atoms with van der Waals surface area (Å²) in [6, 6.07) is 11.9. The predicted octanol–water partition coefficient (Wildman–Crippen LogP) is 3.16. The van der Waals surface area contributed by atoms with E-state index >= 15 is 0 Å². The van der Waals surface area contributed by atoms with Gasteiger partial charge in [-0.25, -0.2) is 0 Å². The van der Waals surface area contributed by atoms with Gasteiger partial charge in [-0.2, -0.15) is 0 Å². The Kier molecular flexibility index (Phi) is 4.33. The molecule has 0 amide bonds. The number of rotatable bonds is 4. The normalized spacial score (nSPS) is 12.2. The Balaban J connectivity index is 2.42. The van der Waals surface area contributed by atoms with Crippen molar-refractivity contribution in [1.82, 2.24) is 10.3 Å². The van der Waals surface area contributed by atoms with Crippen molar-refractivity contribution < 1.29 is 4.74 Å². The van der Waals surface area contributed by atoms with Crippen molar-refractivity contribution in [2.45, 2.75) is 6.04 Å². The van der Waals surface area contributed by atoms with Crippen LogP contribution >= 0.6 is 15.9 Å². The lowest BCUT2D eigenvalue weighted by Crippen LogP contribution is -2.19. The third-order valence-electron chi connectivity index (χ3n) is 2.78. The van der Waals surface area contributed by atoms with Crippen LogP contribution in [0, 0.1) is 0 Å². The number of hydrogen-bond donors (Lipinski definition) is 1. The first kappa shape index (κ1) is 13.1. The number of nitrogens with zero attached hydrogens (tertiary/aromatic N) is 1. The Labute approximate surface area is 115 Å². The molecule has 0 bridgehead atoms. The van der Waals surface area contributed by atoms with Gasteiger partial charge in [-0.05, 0) is 52.8 Å². The minimum atomic E-state index is 0.0377. The average Bonchev–Trinajstić information content (AvgIpc) is 2.42. The maximum absolute atomic E-state index is 5.26. The summed E-state index contributed by atoms with van der Waals surface area (Å²) in [6.07, 6.45) is 1.80. The van der Waals surface area contributed by atoms with Gasteiger partial charge in [0.15, 0.2) is 0 Å². The molecule has 0 radical (unpaired) electrons. The van der Waals surface area contributed by atoms with E-state index < -0.39 is 0 Å². The van der Waals surface area contributed by atoms with Gasteiger partial charge in [0.1, 0.15) is 5.75 Å². The molecule has 2 rings (SSSR count). The van der Waals surface area contributed by atoms with Crippen LogP contribution in [0.5, 0.6) is 5.75 Å². The summed E-state index contributed by atoms with van der Waals surface area (Å²) in [5, 5.41) is 3.28. The Morgan fingerprint density at radius 2 is 2.11 bits per heavy atom. The van der Waals surface area contributed by atoms with Gasteiger partial charge in [0.05, 0.1) is 18.8 Å². The van der Waals surface area contributed by atoms with Crippen molar-refractivity contribution in [3.63, 3.8) is 0 Å². The first-order valence-corrected chi connectivity index (χ1v) is 6.47. The third kappa shape index (κ3) is 2.71. The minimum absolute atomic E-state index is 0.0377. The molecule has 2 aromatic rings. The highest BCUT2D eigenvalue weighted by atomic mass is 79.9. The number of benzene rings is 1. The fraction of sp³-hybridized carbons (Fsp3) is 0.214. The molecule has 0 saturated heterocycles. The minimum Gasteiger partial charge on any atom is -0.497 e. The molecule has 0 aliphatic carbocycles. The van der Waals surface area contributed by atoms with E-state index in [1.54, 1.807) is 13.3 Å². The summed E-state index contributed by atoms with van der Waals surface area (Å²) < 4.78 is 6.25. The standard InChI is InChI=1S/C14H15BrN2O/c1-16-13(14-12(15)7-4-8-17-14)10-5-3-6-11(9-10)18-2/h3-9,13,16H,1-2H3. The van der Waals surface area contributed by atoms with Gasteiger partial charge in [-0.1, -0.05) is 12.1 Å². The molecule has 0 fully saturated rings. The van der Waals surface area contributed by atoms with Gasteiger partial charge in [-0.15, -0.1) is 0 Å². The molecule has 3 nitrogen and oxygen atoms in total. The van der Waals surface area contributed by atoms with Crippen LogP contribution in [0.2, 0.25) is 0 Å². The number of hydrogen-bond acceptors (Lipinski definition) is 3. The summed E-state index contributed by atoms with van der Waals surface area (Å²) >= 11 is 3.54. The second-order valence-electron chi connectivity index (χ2n) is 3.87. The van der Waals surface area contributed by atoms with Gasteiger partial charge in [0.25, 0.3) is 0 Å². The lowest BCUT2D eigenvalue weighted by atomic mass is 10.0. The van der Waals surface area contributed by atoms with Gasteiger partial charge in [0, 0.05) is 10.7 Å². The van der Waals surface area contributed by atoms with Crippen molar-refractivity contribution in [3.8, 4) is 5.75 Å². The van der Waals surface area contributed by atoms with Gasteiger partial charge in [-0.3, -0.25) is 4.98 Å². The highest BCUT2D eigenvalue weighted by Crippen LogP contribution is 2.28. The lowest BCUT2D eigenvalue weighted by molar-refractivity contribution is 0.413. The molecule has 1 aromatic carbocycles. The molecule has 18 heavy (non-hydrogen) atoms. The molecule has 1 heterocycles. The SMILES string of the molecule is CNC(c1cccc(OC)c1)c1ncccc1Br. The maximum Gasteiger partial charge on any atom is 0.119 e. The van der Waals surface area contributed by atoms with E-state index in [1.165, 1.54) is 0 Å². The Bertz CT molecular complexity index is 531. The summed E-state index contributed by atoms with van der Waals surface area (Å²) in [4.78, 5) is 4.43. The monoisotopic (exact) mass is 306 g/mol. The van der Waals surface area contributed by atoms with E-state index in [0.717, 1.165) is 21.5 Å². The van der Waals surface area contributed by atoms with E-state index in [2.05, 4.69) is 32.3 Å². The molecule has 1 unspecified atom stereocenters. The van der Waals surface area contributed by atoms with Crippen molar-refractivity contribution >= 4 is 15.9 Å². The van der Waals surface area contributed by atoms with E-state index in [1.807, 2.05) is 37.4 Å². The second kappa shape index (κ2) is 5.98. The first-order chi connectivity index (χ1) is 8.76. The number of nitrogens with one attached hydrogen (secondary N) is 1. The number of aromatic nitrogens is 1. The molecule has 1 aromatic heterocycles. The first-order valence-electron chi connectivity index (χ1n) is 5.68. The van der Waals surface area contributed by atoms with Crippen LogP contribution in [0.25, 0.3) is 0 Å². The molecule has 4 heteroatoms. The topological polar surface area (TPSA) is 34.1 Å². The van der Waals surface area contributed by atoms with Crippen LogP contribution in [-0.2, 0) is 0 Å². The highest BCUT2D eigenvalue weighted by Gasteiger charge is 2.16. The zero-order chi connectivity index (χ0) is 13.0. The molecule has 94 valence electrons. The van der Waals surface area contributed by atoms with Gasteiger partial charge in [0.2, 0.25) is 0 Å². The highest BCUT2D eigenvalue weighted by molar-refractivity contribution is 9.10. The molecular formula is C14H15BrN2O. The van der Waals surface area contributed by atoms with E-state index in [4.69, 9.17) is 4.74 Å². The third-order valence-corrected chi connectivity index (χ3v) is 3.45. The molecule has 1 atom stereocenters. The Morgan fingerprint density at radius 1 is 1.28 bits per heavy atom. The molecule has 1 N–H and O–H groups in total. The lowest BCUT2D eigenvalue weighted by Gasteiger charge is -2.18. The predicted molar refractivity (Wildman–Crippen MR) is 75.8 cm³/mol. The second-order valence-corrected chi connectivity index (χ2v) is 4.72. The summed E-state index contributed by atoms with van der Waals surface area (Å²) in [7, 11) is 3.59. The van der Waals surface area contributed by atoms with Gasteiger partial charge < -0.3 is 10.1 Å². The number of halogens is 1. The van der Waals surface area contributed by atoms with Crippen LogP contribution in [-0.4, -0.2) is 19.1 Å². The number of methoxy groups -OCH3 is 1. The van der Waals surface area contributed by atoms with Crippen molar-refractivity contribution in [2.75, 3.05) is 14.2 Å². The molecular weight excluding hydrogens is 292 g/mol. The number of pyridine rings is 1. The molecule has 0 saturated carbocycles. The quantitative estimate of drug-likeness (QED) is 0.942. The molecule has 0 aliphatic rings. The maximum atomic E-state index is 5.26. The summed E-state index contributed by atoms with van der Waals surface area (Å²) in [5.74, 6) is 0.847. The summed E-state index contributed by atoms with van der Waals surface area (Å²) in [5.41, 5.74) is 2.09. The van der Waals surface area contributed by atoms with Crippen LogP contribution < -0.4 is 10.1 Å². The summed E-state index contributed by atoms with van der Waals surface area (Å²) in [6.45, 7) is 0. The van der Waals surface area contributed by atoms with Crippen LogP contribution in [0.4, 0.5) is 0 Å². The van der Waals surface area contributed by atoms with Crippen molar-refractivity contribution in [1.29, 1.82) is 0 Å². The van der Waals surface area contributed by atoms with Crippen molar-refractivity contribution in [3.05, 3.63) is 58.3 Å². The largest absolute Gasteiger partial charge is 0.497 e. The molecule has 0 spiro atoms. The van der Waals surface area contributed by atoms with Crippen molar-refractivity contribution in [2.24, 2.45) is 0 Å². The van der Waals surface area contributed by atoms with Gasteiger partial charge >= 0.3 is 0 Å². The van der Waals surface area contributed by atoms with Crippen LogP contribution in [0.15, 0.2) is 47.1 Å². The van der Waals surface area contributed by atoms with E-state index in [0.29, 0.717) is 0 Å². The number of ether oxygens (including phenoxy) is 1. The average molecular weight is 307 g/mol. The van der Waals surface area contributed by atoms with Crippen LogP contribution in [0.3, 0.4) is 0 Å². The Morgan fingerprint density at radius 3 is 2.78 bits per heavy atom. The molecule has 0 aliphatic heterocycles. The fourth-order valence-corrected chi connectivity index (χ4v) is 2.38. The zero-order valence-electron chi connectivity index (χ0n) is 10.4.